The molecule has 1 aliphatic heterocycles. The second-order valence-electron chi connectivity index (χ2n) is 6.90. The topological polar surface area (TPSA) is 68.8 Å². The van der Waals surface area contributed by atoms with Crippen LogP contribution in [0.5, 0.6) is 5.75 Å². The first kappa shape index (κ1) is 18.8. The Morgan fingerprint density at radius 3 is 2.50 bits per heavy atom. The fourth-order valence-corrected chi connectivity index (χ4v) is 4.22. The van der Waals surface area contributed by atoms with Gasteiger partial charge < -0.3 is 19.7 Å². The Morgan fingerprint density at radius 1 is 1.14 bits per heavy atom. The second kappa shape index (κ2) is 7.85. The summed E-state index contributed by atoms with van der Waals surface area (Å²) < 4.78 is 6.16. The van der Waals surface area contributed by atoms with E-state index in [4.69, 9.17) is 4.74 Å². The molecular formula is C21H22BrN3O3. The molecule has 1 fully saturated rings. The summed E-state index contributed by atoms with van der Waals surface area (Å²) in [4.78, 5) is 19.7. The predicted molar refractivity (Wildman–Crippen MR) is 113 cm³/mol. The average Bonchev–Trinajstić information content (AvgIpc) is 3.11. The van der Waals surface area contributed by atoms with Crippen LogP contribution in [0.2, 0.25) is 0 Å². The van der Waals surface area contributed by atoms with Crippen molar-refractivity contribution in [2.75, 3.05) is 38.2 Å². The number of anilines is 1. The number of hydrogen-bond donors (Lipinski definition) is 2. The van der Waals surface area contributed by atoms with Crippen LogP contribution < -0.4 is 9.64 Å². The highest BCUT2D eigenvalue weighted by atomic mass is 79.9. The Kier molecular flexibility index (Phi) is 5.28. The lowest BCUT2D eigenvalue weighted by atomic mass is 10.0. The summed E-state index contributed by atoms with van der Waals surface area (Å²) in [6.45, 7) is 2.93. The second-order valence-corrected chi connectivity index (χ2v) is 7.81. The molecule has 0 radical (unpaired) electrons. The van der Waals surface area contributed by atoms with E-state index in [1.54, 1.807) is 7.11 Å². The van der Waals surface area contributed by atoms with Crippen LogP contribution in [0, 0.1) is 0 Å². The highest BCUT2D eigenvalue weighted by Gasteiger charge is 2.32. The highest BCUT2D eigenvalue weighted by Crippen LogP contribution is 2.32. The lowest BCUT2D eigenvalue weighted by Gasteiger charge is -2.38. The molecule has 1 aliphatic rings. The molecule has 2 heterocycles. The first-order valence-corrected chi connectivity index (χ1v) is 9.98. The lowest BCUT2D eigenvalue weighted by molar-refractivity contribution is -0.143. The molecule has 146 valence electrons. The van der Waals surface area contributed by atoms with Crippen molar-refractivity contribution in [2.45, 2.75) is 6.04 Å². The third-order valence-electron chi connectivity index (χ3n) is 5.32. The number of benzene rings is 2. The number of aliphatic carboxylic acids is 1. The maximum absolute atomic E-state index is 12.2. The summed E-state index contributed by atoms with van der Waals surface area (Å²) in [6.07, 6.45) is 1.83. The first-order chi connectivity index (χ1) is 13.6. The van der Waals surface area contributed by atoms with Crippen LogP contribution in [0.1, 0.15) is 11.6 Å². The molecule has 28 heavy (non-hydrogen) atoms. The summed E-state index contributed by atoms with van der Waals surface area (Å²) in [6, 6.07) is 13.2. The van der Waals surface area contributed by atoms with E-state index >= 15 is 0 Å². The van der Waals surface area contributed by atoms with Gasteiger partial charge in [0.15, 0.2) is 0 Å². The third-order valence-corrected chi connectivity index (χ3v) is 5.81. The van der Waals surface area contributed by atoms with Crippen molar-refractivity contribution < 1.29 is 14.6 Å². The molecule has 6 nitrogen and oxygen atoms in total. The maximum atomic E-state index is 12.2. The van der Waals surface area contributed by atoms with Crippen LogP contribution in [0.4, 0.5) is 5.69 Å². The number of carbonyl (C=O) groups is 1. The Morgan fingerprint density at radius 2 is 1.86 bits per heavy atom. The Labute approximate surface area is 171 Å². The third kappa shape index (κ3) is 3.59. The van der Waals surface area contributed by atoms with Gasteiger partial charge in [0.1, 0.15) is 11.8 Å². The Bertz CT molecular complexity index is 978. The van der Waals surface area contributed by atoms with Crippen LogP contribution in [-0.4, -0.2) is 54.2 Å². The van der Waals surface area contributed by atoms with Gasteiger partial charge in [-0.2, -0.15) is 0 Å². The Hall–Kier alpha value is -2.51. The molecule has 1 saturated heterocycles. The number of methoxy groups -OCH3 is 1. The monoisotopic (exact) mass is 443 g/mol. The van der Waals surface area contributed by atoms with Gasteiger partial charge in [-0.25, -0.2) is 0 Å². The van der Waals surface area contributed by atoms with Crippen molar-refractivity contribution in [1.82, 2.24) is 9.88 Å². The van der Waals surface area contributed by atoms with Crippen molar-refractivity contribution in [3.63, 3.8) is 0 Å². The van der Waals surface area contributed by atoms with Crippen molar-refractivity contribution in [1.29, 1.82) is 0 Å². The molecule has 0 bridgehead atoms. The number of nitrogens with zero attached hydrogens (tertiary/aromatic N) is 2. The molecule has 2 N–H and O–H groups in total. The summed E-state index contributed by atoms with van der Waals surface area (Å²) in [5.74, 6) is 0.0117. The molecule has 0 unspecified atom stereocenters. The molecular weight excluding hydrogens is 422 g/mol. The minimum absolute atomic E-state index is 0.666. The number of fused-ring (bicyclic) bond motifs is 1. The highest BCUT2D eigenvalue weighted by molar-refractivity contribution is 9.10. The quantitative estimate of drug-likeness (QED) is 0.625. The van der Waals surface area contributed by atoms with Gasteiger partial charge >= 0.3 is 5.97 Å². The summed E-state index contributed by atoms with van der Waals surface area (Å²) in [7, 11) is 1.66. The van der Waals surface area contributed by atoms with E-state index in [2.05, 4.69) is 25.8 Å². The average molecular weight is 444 g/mol. The number of halogens is 1. The number of ether oxygens (including phenoxy) is 1. The van der Waals surface area contributed by atoms with Crippen LogP contribution >= 0.6 is 15.9 Å². The van der Waals surface area contributed by atoms with Crippen LogP contribution in [0.3, 0.4) is 0 Å². The van der Waals surface area contributed by atoms with E-state index in [-0.39, 0.29) is 0 Å². The summed E-state index contributed by atoms with van der Waals surface area (Å²) in [5, 5.41) is 10.9. The molecule has 3 aromatic rings. The largest absolute Gasteiger partial charge is 0.497 e. The predicted octanol–water partition coefficient (Wildman–Crippen LogP) is 3.89. The molecule has 2 aromatic carbocycles. The van der Waals surface area contributed by atoms with Gasteiger partial charge in [-0.1, -0.05) is 15.9 Å². The molecule has 0 spiro atoms. The van der Waals surface area contributed by atoms with Crippen molar-refractivity contribution >= 4 is 38.5 Å². The van der Waals surface area contributed by atoms with E-state index in [0.717, 1.165) is 45.5 Å². The van der Waals surface area contributed by atoms with E-state index in [1.807, 2.05) is 53.6 Å². The zero-order chi connectivity index (χ0) is 19.7. The summed E-state index contributed by atoms with van der Waals surface area (Å²) >= 11 is 3.49. The molecule has 0 aliphatic carbocycles. The van der Waals surface area contributed by atoms with Gasteiger partial charge in [-0.05, 0) is 42.5 Å². The number of carboxylic acids is 1. The number of H-pyrrole nitrogens is 1. The van der Waals surface area contributed by atoms with Gasteiger partial charge in [0.25, 0.3) is 0 Å². The van der Waals surface area contributed by atoms with E-state index in [9.17, 15) is 9.90 Å². The number of carboxylic acid groups (broad SMARTS) is 1. The number of rotatable bonds is 5. The number of piperazine rings is 1. The normalized spacial score (nSPS) is 16.3. The lowest BCUT2D eigenvalue weighted by Crippen LogP contribution is -2.49. The van der Waals surface area contributed by atoms with E-state index < -0.39 is 12.0 Å². The first-order valence-electron chi connectivity index (χ1n) is 9.19. The zero-order valence-electron chi connectivity index (χ0n) is 15.6. The number of hydrogen-bond acceptors (Lipinski definition) is 4. The SMILES string of the molecule is COc1ccc(N2CCN([C@@H](C(=O)O)c3c[nH]c4ccc(Br)cc34)CC2)cc1. The fourth-order valence-electron chi connectivity index (χ4n) is 3.86. The smallest absolute Gasteiger partial charge is 0.325 e. The van der Waals surface area contributed by atoms with Crippen molar-refractivity contribution in [2.24, 2.45) is 0 Å². The standard InChI is InChI=1S/C21H22BrN3O3/c1-28-16-5-3-15(4-6-16)24-8-10-25(11-9-24)20(21(26)27)18-13-23-19-7-2-14(22)12-17(18)19/h2-7,12-13,20,23H,8-11H2,1H3,(H,26,27)/t20-/m1/s1. The molecule has 7 heteroatoms. The van der Waals surface area contributed by atoms with Crippen LogP contribution in [0.15, 0.2) is 53.1 Å². The Balaban J connectivity index is 1.53. The van der Waals surface area contributed by atoms with Gasteiger partial charge in [-0.15, -0.1) is 0 Å². The van der Waals surface area contributed by atoms with Gasteiger partial charge in [0, 0.05) is 59.0 Å². The van der Waals surface area contributed by atoms with E-state index in [0.29, 0.717) is 13.1 Å². The van der Waals surface area contributed by atoms with Gasteiger partial charge in [0.05, 0.1) is 7.11 Å². The van der Waals surface area contributed by atoms with Gasteiger partial charge in [0.2, 0.25) is 0 Å². The molecule has 1 atom stereocenters. The van der Waals surface area contributed by atoms with Crippen molar-refractivity contribution in [3.8, 4) is 5.75 Å². The number of aromatic amines is 1. The molecule has 0 amide bonds. The van der Waals surface area contributed by atoms with Gasteiger partial charge in [-0.3, -0.25) is 9.69 Å². The fraction of sp³-hybridized carbons (Fsp3) is 0.286. The van der Waals surface area contributed by atoms with Crippen molar-refractivity contribution in [3.05, 3.63) is 58.7 Å². The molecule has 1 aromatic heterocycles. The van der Waals surface area contributed by atoms with E-state index in [1.165, 1.54) is 0 Å². The maximum Gasteiger partial charge on any atom is 0.325 e. The minimum atomic E-state index is -0.821. The summed E-state index contributed by atoms with van der Waals surface area (Å²) in [5.41, 5.74) is 2.88. The minimum Gasteiger partial charge on any atom is -0.497 e. The molecule has 4 rings (SSSR count). The number of nitrogens with one attached hydrogen (secondary N) is 1. The number of aromatic nitrogens is 1. The van der Waals surface area contributed by atoms with Crippen LogP contribution in [-0.2, 0) is 4.79 Å². The zero-order valence-corrected chi connectivity index (χ0v) is 17.1. The van der Waals surface area contributed by atoms with Crippen LogP contribution in [0.25, 0.3) is 10.9 Å². The molecule has 0 saturated carbocycles.